The molecule has 5 nitrogen and oxygen atoms in total. The summed E-state index contributed by atoms with van der Waals surface area (Å²) in [5.74, 6) is 0.949. The van der Waals surface area contributed by atoms with E-state index in [1.807, 2.05) is 31.2 Å². The van der Waals surface area contributed by atoms with Crippen LogP contribution in [0.2, 0.25) is 0 Å². The Morgan fingerprint density at radius 2 is 1.89 bits per heavy atom. The molecule has 1 aromatic carbocycles. The van der Waals surface area contributed by atoms with E-state index in [1.165, 1.54) is 0 Å². The van der Waals surface area contributed by atoms with E-state index in [4.69, 9.17) is 10.3 Å². The van der Waals surface area contributed by atoms with Crippen molar-refractivity contribution in [3.63, 3.8) is 0 Å². The van der Waals surface area contributed by atoms with Crippen LogP contribution >= 0.6 is 0 Å². The summed E-state index contributed by atoms with van der Waals surface area (Å²) in [5, 5.41) is 3.97. The normalized spacial score (nSPS) is 10.6. The molecule has 0 aliphatic carbocycles. The smallest absolute Gasteiger partial charge is 0.258 e. The molecule has 0 bridgehead atoms. The van der Waals surface area contributed by atoms with Crippen molar-refractivity contribution in [3.8, 4) is 23.0 Å². The van der Waals surface area contributed by atoms with Crippen LogP contribution in [0.3, 0.4) is 0 Å². The third kappa shape index (κ3) is 2.18. The van der Waals surface area contributed by atoms with Gasteiger partial charge in [0.05, 0.1) is 0 Å². The Kier molecular flexibility index (Phi) is 2.72. The molecule has 2 heterocycles. The summed E-state index contributed by atoms with van der Waals surface area (Å²) in [4.78, 5) is 8.62. The Hall–Kier alpha value is -2.69. The lowest BCUT2D eigenvalue weighted by Crippen LogP contribution is -1.89. The number of benzene rings is 1. The molecule has 0 saturated carbocycles. The average molecular weight is 252 g/mol. The number of pyridine rings is 1. The molecule has 3 rings (SSSR count). The van der Waals surface area contributed by atoms with E-state index < -0.39 is 0 Å². The van der Waals surface area contributed by atoms with Gasteiger partial charge >= 0.3 is 0 Å². The Bertz CT molecular complexity index is 703. The molecule has 19 heavy (non-hydrogen) atoms. The van der Waals surface area contributed by atoms with Crippen LogP contribution in [-0.2, 0) is 0 Å². The summed E-state index contributed by atoms with van der Waals surface area (Å²) in [5.41, 5.74) is 8.91. The summed E-state index contributed by atoms with van der Waals surface area (Å²) in [6.45, 7) is 1.96. The zero-order chi connectivity index (χ0) is 13.2. The Balaban J connectivity index is 2.00. The minimum Gasteiger partial charge on any atom is -0.399 e. The summed E-state index contributed by atoms with van der Waals surface area (Å²) >= 11 is 0. The van der Waals surface area contributed by atoms with E-state index in [0.717, 1.165) is 16.8 Å². The molecule has 0 amide bonds. The molecular formula is C14H12N4O. The lowest BCUT2D eigenvalue weighted by molar-refractivity contribution is 0.432. The van der Waals surface area contributed by atoms with Crippen LogP contribution in [0.4, 0.5) is 5.69 Å². The van der Waals surface area contributed by atoms with E-state index in [1.54, 1.807) is 18.3 Å². The first kappa shape index (κ1) is 11.4. The molecule has 2 aromatic heterocycles. The van der Waals surface area contributed by atoms with Gasteiger partial charge in [0.25, 0.3) is 5.89 Å². The quantitative estimate of drug-likeness (QED) is 0.709. The van der Waals surface area contributed by atoms with Crippen LogP contribution in [0.1, 0.15) is 5.56 Å². The summed E-state index contributed by atoms with van der Waals surface area (Å²) in [7, 11) is 0. The number of nitrogens with two attached hydrogens (primary N) is 1. The molecule has 0 spiro atoms. The Morgan fingerprint density at radius 1 is 1.11 bits per heavy atom. The highest BCUT2D eigenvalue weighted by Crippen LogP contribution is 2.23. The predicted octanol–water partition coefficient (Wildman–Crippen LogP) is 2.69. The first-order valence-corrected chi connectivity index (χ1v) is 5.85. The van der Waals surface area contributed by atoms with Crippen LogP contribution < -0.4 is 5.73 Å². The second kappa shape index (κ2) is 4.53. The van der Waals surface area contributed by atoms with Gasteiger partial charge in [0.15, 0.2) is 0 Å². The van der Waals surface area contributed by atoms with Gasteiger partial charge in [0, 0.05) is 17.4 Å². The highest BCUT2D eigenvalue weighted by Gasteiger charge is 2.12. The van der Waals surface area contributed by atoms with Gasteiger partial charge in [-0.05, 0) is 42.8 Å². The number of nitrogen functional groups attached to an aromatic ring is 1. The third-order valence-corrected chi connectivity index (χ3v) is 2.80. The van der Waals surface area contributed by atoms with Gasteiger partial charge in [0.1, 0.15) is 5.69 Å². The molecule has 0 unspecified atom stereocenters. The lowest BCUT2D eigenvalue weighted by atomic mass is 10.2. The second-order valence-electron chi connectivity index (χ2n) is 4.21. The van der Waals surface area contributed by atoms with Crippen molar-refractivity contribution in [1.82, 2.24) is 15.1 Å². The number of hydrogen-bond acceptors (Lipinski definition) is 5. The van der Waals surface area contributed by atoms with Gasteiger partial charge in [-0.25, -0.2) is 0 Å². The largest absolute Gasteiger partial charge is 0.399 e. The van der Waals surface area contributed by atoms with Crippen molar-refractivity contribution < 1.29 is 4.52 Å². The number of anilines is 1. The maximum absolute atomic E-state index is 5.64. The van der Waals surface area contributed by atoms with Crippen molar-refractivity contribution in [3.05, 3.63) is 48.2 Å². The number of aryl methyl sites for hydroxylation is 1. The molecule has 2 N–H and O–H groups in total. The lowest BCUT2D eigenvalue weighted by Gasteiger charge is -1.97. The first-order valence-electron chi connectivity index (χ1n) is 5.85. The minimum absolute atomic E-state index is 0.458. The zero-order valence-electron chi connectivity index (χ0n) is 10.4. The fourth-order valence-electron chi connectivity index (χ4n) is 1.78. The average Bonchev–Trinajstić information content (AvgIpc) is 2.89. The van der Waals surface area contributed by atoms with Gasteiger partial charge in [-0.2, -0.15) is 4.98 Å². The predicted molar refractivity (Wildman–Crippen MR) is 72.1 cm³/mol. The summed E-state index contributed by atoms with van der Waals surface area (Å²) in [6, 6.07) is 11.1. The van der Waals surface area contributed by atoms with Crippen molar-refractivity contribution in [2.24, 2.45) is 0 Å². The van der Waals surface area contributed by atoms with Crippen LogP contribution in [0.5, 0.6) is 0 Å². The number of hydrogen-bond donors (Lipinski definition) is 1. The highest BCUT2D eigenvalue weighted by atomic mass is 16.5. The standard InChI is InChI=1S/C14H12N4O/c1-9-3-2-8-16-12(9)13-17-14(19-18-13)10-4-6-11(15)7-5-10/h2-8H,15H2,1H3. The van der Waals surface area contributed by atoms with Crippen LogP contribution in [0.15, 0.2) is 47.1 Å². The van der Waals surface area contributed by atoms with Gasteiger partial charge in [0.2, 0.25) is 5.82 Å². The fourth-order valence-corrected chi connectivity index (χ4v) is 1.78. The van der Waals surface area contributed by atoms with Crippen LogP contribution in [0, 0.1) is 6.92 Å². The van der Waals surface area contributed by atoms with E-state index in [9.17, 15) is 0 Å². The van der Waals surface area contributed by atoms with E-state index in [0.29, 0.717) is 17.4 Å². The molecular weight excluding hydrogens is 240 g/mol. The SMILES string of the molecule is Cc1cccnc1-c1noc(-c2ccc(N)cc2)n1. The maximum atomic E-state index is 5.64. The second-order valence-corrected chi connectivity index (χ2v) is 4.21. The molecule has 94 valence electrons. The topological polar surface area (TPSA) is 77.8 Å². The first-order chi connectivity index (χ1) is 9.24. The van der Waals surface area contributed by atoms with Gasteiger partial charge < -0.3 is 10.3 Å². The molecule has 5 heteroatoms. The van der Waals surface area contributed by atoms with Gasteiger partial charge in [-0.1, -0.05) is 11.2 Å². The van der Waals surface area contributed by atoms with Crippen molar-refractivity contribution in [1.29, 1.82) is 0 Å². The van der Waals surface area contributed by atoms with Gasteiger partial charge in [-0.15, -0.1) is 0 Å². The molecule has 0 aliphatic heterocycles. The fraction of sp³-hybridized carbons (Fsp3) is 0.0714. The van der Waals surface area contributed by atoms with Crippen molar-refractivity contribution in [2.75, 3.05) is 5.73 Å². The molecule has 0 saturated heterocycles. The van der Waals surface area contributed by atoms with E-state index in [-0.39, 0.29) is 0 Å². The number of nitrogens with zero attached hydrogens (tertiary/aromatic N) is 3. The highest BCUT2D eigenvalue weighted by molar-refractivity contribution is 5.61. The Labute approximate surface area is 110 Å². The van der Waals surface area contributed by atoms with E-state index >= 15 is 0 Å². The minimum atomic E-state index is 0.458. The molecule has 0 fully saturated rings. The number of aromatic nitrogens is 3. The molecule has 0 atom stereocenters. The number of rotatable bonds is 2. The molecule has 3 aromatic rings. The summed E-state index contributed by atoms with van der Waals surface area (Å²) in [6.07, 6.45) is 1.71. The van der Waals surface area contributed by atoms with Crippen LogP contribution in [-0.4, -0.2) is 15.1 Å². The maximum Gasteiger partial charge on any atom is 0.258 e. The van der Waals surface area contributed by atoms with E-state index in [2.05, 4.69) is 15.1 Å². The third-order valence-electron chi connectivity index (χ3n) is 2.80. The van der Waals surface area contributed by atoms with Crippen LogP contribution in [0.25, 0.3) is 23.0 Å². The van der Waals surface area contributed by atoms with Gasteiger partial charge in [-0.3, -0.25) is 4.98 Å². The Morgan fingerprint density at radius 3 is 2.63 bits per heavy atom. The van der Waals surface area contributed by atoms with Crippen molar-refractivity contribution >= 4 is 5.69 Å². The molecule has 0 radical (unpaired) electrons. The monoisotopic (exact) mass is 252 g/mol. The van der Waals surface area contributed by atoms with Crippen molar-refractivity contribution in [2.45, 2.75) is 6.92 Å². The summed E-state index contributed by atoms with van der Waals surface area (Å²) < 4.78 is 5.26. The molecule has 0 aliphatic rings. The zero-order valence-corrected chi connectivity index (χ0v) is 10.4.